The van der Waals surface area contributed by atoms with Gasteiger partial charge in [0.1, 0.15) is 0 Å². The molecule has 0 saturated carbocycles. The van der Waals surface area contributed by atoms with Crippen LogP contribution in [0, 0.1) is 11.8 Å². The van der Waals surface area contributed by atoms with Crippen LogP contribution < -0.4 is 10.6 Å². The molecule has 0 fully saturated rings. The quantitative estimate of drug-likeness (QED) is 0.268. The zero-order chi connectivity index (χ0) is 30.8. The number of aliphatic hydroxyl groups excluding tert-OH is 1. The number of nitrogens with one attached hydrogen (secondary N) is 2. The average Bonchev–Trinajstić information content (AvgIpc) is 3.20. The third kappa shape index (κ3) is 9.00. The van der Waals surface area contributed by atoms with Gasteiger partial charge >= 0.3 is 0 Å². The van der Waals surface area contributed by atoms with E-state index in [0.717, 1.165) is 17.3 Å². The van der Waals surface area contributed by atoms with E-state index in [2.05, 4.69) is 10.6 Å². The second-order valence-electron chi connectivity index (χ2n) is 11.1. The molecule has 0 bridgehead atoms. The molecule has 1 heterocycles. The van der Waals surface area contributed by atoms with Gasteiger partial charge in [0.25, 0.3) is 11.8 Å². The first kappa shape index (κ1) is 33.0. The van der Waals surface area contributed by atoms with Crippen LogP contribution in [0.3, 0.4) is 0 Å². The van der Waals surface area contributed by atoms with Crippen LogP contribution in [0.4, 0.5) is 0 Å². The number of fused-ring (bicyclic) bond motifs is 1. The number of benzene rings is 2. The van der Waals surface area contributed by atoms with Gasteiger partial charge < -0.3 is 15.7 Å². The molecule has 3 N–H and O–H groups in total. The minimum absolute atomic E-state index is 0.125. The van der Waals surface area contributed by atoms with Gasteiger partial charge in [-0.25, -0.2) is 0 Å². The van der Waals surface area contributed by atoms with Crippen LogP contribution in [0.2, 0.25) is 0 Å². The van der Waals surface area contributed by atoms with Crippen LogP contribution in [-0.4, -0.2) is 69.7 Å². The minimum atomic E-state index is -0.997. The first-order valence-electron chi connectivity index (χ1n) is 14.4. The Kier molecular flexibility index (Phi) is 12.3. The number of imide groups is 1. The number of aliphatic hydroxyl groups is 1. The van der Waals surface area contributed by atoms with E-state index < -0.39 is 29.2 Å². The van der Waals surface area contributed by atoms with Crippen molar-refractivity contribution in [2.24, 2.45) is 11.8 Å². The molecule has 9 nitrogen and oxygen atoms in total. The van der Waals surface area contributed by atoms with E-state index in [0.29, 0.717) is 30.4 Å². The zero-order valence-corrected chi connectivity index (χ0v) is 25.5. The number of carbonyl (C=O) groups excluding carboxylic acids is 5. The second kappa shape index (κ2) is 15.7. The van der Waals surface area contributed by atoms with Crippen molar-refractivity contribution in [1.29, 1.82) is 0 Å². The van der Waals surface area contributed by atoms with Crippen LogP contribution >= 0.6 is 11.8 Å². The lowest BCUT2D eigenvalue weighted by Gasteiger charge is -2.29. The van der Waals surface area contributed by atoms with Crippen LogP contribution in [0.5, 0.6) is 0 Å². The molecule has 10 heteroatoms. The van der Waals surface area contributed by atoms with Gasteiger partial charge in [0.05, 0.1) is 28.5 Å². The Morgan fingerprint density at radius 1 is 0.905 bits per heavy atom. The Morgan fingerprint density at radius 3 is 2.05 bits per heavy atom. The first-order valence-corrected chi connectivity index (χ1v) is 15.3. The predicted octanol–water partition coefficient (Wildman–Crippen LogP) is 3.60. The van der Waals surface area contributed by atoms with Crippen molar-refractivity contribution < 1.29 is 29.1 Å². The average molecular weight is 596 g/mol. The van der Waals surface area contributed by atoms with Gasteiger partial charge in [-0.1, -0.05) is 68.1 Å². The molecule has 0 unspecified atom stereocenters. The summed E-state index contributed by atoms with van der Waals surface area (Å²) in [6.45, 7) is 5.47. The summed E-state index contributed by atoms with van der Waals surface area (Å²) in [5, 5.41) is 15.9. The summed E-state index contributed by atoms with van der Waals surface area (Å²) in [7, 11) is 1.56. The van der Waals surface area contributed by atoms with Crippen molar-refractivity contribution in [3.63, 3.8) is 0 Å². The summed E-state index contributed by atoms with van der Waals surface area (Å²) in [4.78, 5) is 64.7. The number of hydrogen-bond donors (Lipinski definition) is 3. The molecule has 0 spiro atoms. The van der Waals surface area contributed by atoms with E-state index in [9.17, 15) is 29.1 Å². The molecule has 2 aromatic carbocycles. The Bertz CT molecular complexity index is 1230. The number of carbonyl (C=O) groups is 5. The predicted molar refractivity (Wildman–Crippen MR) is 163 cm³/mol. The van der Waals surface area contributed by atoms with E-state index in [1.165, 1.54) is 11.8 Å². The molecule has 4 amide bonds. The van der Waals surface area contributed by atoms with Gasteiger partial charge in [-0.05, 0) is 55.7 Å². The zero-order valence-electron chi connectivity index (χ0n) is 24.7. The topological polar surface area (TPSA) is 133 Å². The number of amides is 4. The molecule has 42 heavy (non-hydrogen) atoms. The smallest absolute Gasteiger partial charge is 0.261 e. The van der Waals surface area contributed by atoms with E-state index in [4.69, 9.17) is 0 Å². The Morgan fingerprint density at radius 2 is 1.50 bits per heavy atom. The van der Waals surface area contributed by atoms with E-state index >= 15 is 0 Å². The fourth-order valence-corrected chi connectivity index (χ4v) is 6.12. The molecule has 0 aromatic heterocycles. The van der Waals surface area contributed by atoms with Gasteiger partial charge in [-0.15, -0.1) is 0 Å². The number of nitrogens with zero attached hydrogens (tertiary/aromatic N) is 1. The molecule has 2 aromatic rings. The number of hydrogen-bond acceptors (Lipinski definition) is 7. The largest absolute Gasteiger partial charge is 0.391 e. The number of rotatable bonds is 15. The molecule has 0 saturated heterocycles. The fraction of sp³-hybridized carbons (Fsp3) is 0.469. The molecule has 1 aliphatic heterocycles. The maximum Gasteiger partial charge on any atom is 0.261 e. The van der Waals surface area contributed by atoms with Gasteiger partial charge in [0, 0.05) is 26.4 Å². The van der Waals surface area contributed by atoms with Crippen molar-refractivity contribution in [1.82, 2.24) is 15.5 Å². The second-order valence-corrected chi connectivity index (χ2v) is 12.5. The third-order valence-corrected chi connectivity index (χ3v) is 8.38. The molecule has 226 valence electrons. The van der Waals surface area contributed by atoms with E-state index in [1.54, 1.807) is 31.3 Å². The summed E-state index contributed by atoms with van der Waals surface area (Å²) in [5.41, 5.74) is 1.70. The summed E-state index contributed by atoms with van der Waals surface area (Å²) in [6.07, 6.45) is 0.658. The summed E-state index contributed by atoms with van der Waals surface area (Å²) < 4.78 is 0. The highest BCUT2D eigenvalue weighted by Gasteiger charge is 2.35. The van der Waals surface area contributed by atoms with Crippen molar-refractivity contribution in [2.75, 3.05) is 13.6 Å². The van der Waals surface area contributed by atoms with Crippen LogP contribution in [0.15, 0.2) is 54.6 Å². The molecule has 3 rings (SSSR count). The third-order valence-electron chi connectivity index (χ3n) is 7.31. The lowest BCUT2D eigenvalue weighted by molar-refractivity contribution is -0.126. The van der Waals surface area contributed by atoms with Gasteiger partial charge in [-0.3, -0.25) is 28.9 Å². The molecule has 0 radical (unpaired) electrons. The summed E-state index contributed by atoms with van der Waals surface area (Å²) >= 11 is 0.891. The van der Waals surface area contributed by atoms with Gasteiger partial charge in [0.15, 0.2) is 5.12 Å². The SMILES string of the molecule is CNC(=O)[C@@H](Cc1ccccc1)C[C@H](O)[C@H](CC(C)C)NC(=O)[C@@H](CCCN1C(=O)c2ccccc2C1=O)SC(C)=O. The van der Waals surface area contributed by atoms with Crippen LogP contribution in [0.25, 0.3) is 0 Å². The fourth-order valence-electron chi connectivity index (χ4n) is 5.26. The van der Waals surface area contributed by atoms with Crippen molar-refractivity contribution in [3.8, 4) is 0 Å². The highest BCUT2D eigenvalue weighted by Crippen LogP contribution is 2.25. The lowest BCUT2D eigenvalue weighted by atomic mass is 9.88. The lowest BCUT2D eigenvalue weighted by Crippen LogP contribution is -2.49. The van der Waals surface area contributed by atoms with Crippen LogP contribution in [-0.2, 0) is 20.8 Å². The van der Waals surface area contributed by atoms with Gasteiger partial charge in [-0.2, -0.15) is 0 Å². The first-order chi connectivity index (χ1) is 20.0. The Balaban J connectivity index is 1.66. The molecule has 0 aliphatic carbocycles. The highest BCUT2D eigenvalue weighted by molar-refractivity contribution is 8.14. The maximum absolute atomic E-state index is 13.5. The van der Waals surface area contributed by atoms with E-state index in [-0.39, 0.29) is 48.1 Å². The highest BCUT2D eigenvalue weighted by atomic mass is 32.2. The normalized spacial score (nSPS) is 15.6. The summed E-state index contributed by atoms with van der Waals surface area (Å²) in [5.74, 6) is -1.67. The summed E-state index contributed by atoms with van der Waals surface area (Å²) in [6, 6.07) is 15.6. The minimum Gasteiger partial charge on any atom is -0.391 e. The Hall–Kier alpha value is -3.50. The standard InChI is InChI=1S/C32H41N3O6S/c1-20(2)17-26(27(37)19-23(29(38)33-4)18-22-11-6-5-7-12-22)34-30(39)28(42-21(3)36)15-10-16-35-31(40)24-13-8-9-14-25(24)32(35)41/h5-9,11-14,20,23,26-28,37H,10,15-19H2,1-4H3,(H,33,38)(H,34,39)/t23-,26-,27-,28+/m0/s1. The Labute approximate surface area is 251 Å². The maximum atomic E-state index is 13.5. The van der Waals surface area contributed by atoms with Gasteiger partial charge in [0.2, 0.25) is 11.8 Å². The molecular weight excluding hydrogens is 554 g/mol. The van der Waals surface area contributed by atoms with Crippen molar-refractivity contribution in [3.05, 3.63) is 71.3 Å². The van der Waals surface area contributed by atoms with Crippen LogP contribution in [0.1, 0.15) is 72.7 Å². The molecule has 1 aliphatic rings. The molecule has 4 atom stereocenters. The monoisotopic (exact) mass is 595 g/mol. The molecular formula is C32H41N3O6S. The van der Waals surface area contributed by atoms with E-state index in [1.807, 2.05) is 44.2 Å². The van der Waals surface area contributed by atoms with Crippen molar-refractivity contribution in [2.45, 2.75) is 70.3 Å². The van der Waals surface area contributed by atoms with Crippen molar-refractivity contribution >= 4 is 40.5 Å². The number of thioether (sulfide) groups is 1.